The van der Waals surface area contributed by atoms with Gasteiger partial charge in [-0.1, -0.05) is 24.3 Å². The Kier molecular flexibility index (Phi) is 3.30. The van der Waals surface area contributed by atoms with Gasteiger partial charge in [-0.25, -0.2) is 4.98 Å². The van der Waals surface area contributed by atoms with Crippen molar-refractivity contribution in [3.05, 3.63) is 46.8 Å². The molecule has 2 bridgehead atoms. The number of aromatic nitrogens is 1. The van der Waals surface area contributed by atoms with E-state index < -0.39 is 0 Å². The highest BCUT2D eigenvalue weighted by Gasteiger charge is 2.35. The van der Waals surface area contributed by atoms with Gasteiger partial charge in [-0.05, 0) is 49.7 Å². The minimum absolute atomic E-state index is 0.810. The fraction of sp³-hybridized carbons (Fsp3) is 0.389. The molecule has 2 aromatic rings. The van der Waals surface area contributed by atoms with Gasteiger partial charge < -0.3 is 5.32 Å². The van der Waals surface area contributed by atoms with Crippen LogP contribution in [0.4, 0.5) is 5.69 Å². The second-order valence-corrected chi connectivity index (χ2v) is 7.32. The molecule has 1 aromatic carbocycles. The highest BCUT2D eigenvalue weighted by molar-refractivity contribution is 7.09. The third-order valence-electron chi connectivity index (χ3n) is 4.76. The Morgan fingerprint density at radius 1 is 1.29 bits per heavy atom. The van der Waals surface area contributed by atoms with Gasteiger partial charge in [0.05, 0.1) is 10.7 Å². The van der Waals surface area contributed by atoms with Crippen molar-refractivity contribution in [2.24, 2.45) is 17.8 Å². The molecule has 1 heterocycles. The van der Waals surface area contributed by atoms with Crippen LogP contribution in [0.25, 0.3) is 11.3 Å². The van der Waals surface area contributed by atoms with Gasteiger partial charge in [-0.2, -0.15) is 0 Å². The van der Waals surface area contributed by atoms with Gasteiger partial charge >= 0.3 is 0 Å². The first kappa shape index (κ1) is 13.1. The number of hydrogen-bond donors (Lipinski definition) is 1. The van der Waals surface area contributed by atoms with E-state index in [-0.39, 0.29) is 0 Å². The first-order valence-corrected chi connectivity index (χ1v) is 8.60. The van der Waals surface area contributed by atoms with Gasteiger partial charge in [0.15, 0.2) is 0 Å². The molecule has 1 saturated carbocycles. The monoisotopic (exact) mass is 296 g/mol. The Hall–Kier alpha value is -1.61. The maximum Gasteiger partial charge on any atom is 0.0901 e. The minimum atomic E-state index is 0.810. The first-order valence-electron chi connectivity index (χ1n) is 7.73. The van der Waals surface area contributed by atoms with Crippen molar-refractivity contribution >= 4 is 17.0 Å². The second-order valence-electron chi connectivity index (χ2n) is 6.25. The Labute approximate surface area is 129 Å². The summed E-state index contributed by atoms with van der Waals surface area (Å²) in [5.74, 6) is 2.48. The van der Waals surface area contributed by atoms with E-state index in [2.05, 4.69) is 59.0 Å². The molecule has 3 heteroatoms. The second kappa shape index (κ2) is 5.30. The van der Waals surface area contributed by atoms with Crippen molar-refractivity contribution in [1.82, 2.24) is 4.98 Å². The summed E-state index contributed by atoms with van der Waals surface area (Å²) in [6.45, 7) is 3.14. The fourth-order valence-corrected chi connectivity index (χ4v) is 4.28. The normalized spacial score (nSPS) is 26.4. The summed E-state index contributed by atoms with van der Waals surface area (Å²) in [6.07, 6.45) is 7.57. The van der Waals surface area contributed by atoms with Crippen LogP contribution in [0.15, 0.2) is 41.8 Å². The lowest BCUT2D eigenvalue weighted by Gasteiger charge is -2.19. The maximum absolute atomic E-state index is 4.57. The number of benzene rings is 1. The van der Waals surface area contributed by atoms with Gasteiger partial charge in [0.2, 0.25) is 0 Å². The Balaban J connectivity index is 1.45. The molecule has 2 aliphatic rings. The van der Waals surface area contributed by atoms with E-state index in [1.165, 1.54) is 24.1 Å². The molecule has 3 atom stereocenters. The SMILES string of the molecule is Cc1nc(-c2cccc(NCC3CC4C=CC3C4)c2)cs1. The molecule has 2 aliphatic carbocycles. The lowest BCUT2D eigenvalue weighted by molar-refractivity contribution is 0.472. The predicted molar refractivity (Wildman–Crippen MR) is 89.6 cm³/mol. The number of hydrogen-bond acceptors (Lipinski definition) is 3. The molecule has 1 N–H and O–H groups in total. The van der Waals surface area contributed by atoms with Crippen molar-refractivity contribution in [1.29, 1.82) is 0 Å². The summed E-state index contributed by atoms with van der Waals surface area (Å²) in [4.78, 5) is 4.57. The number of rotatable bonds is 4. The number of fused-ring (bicyclic) bond motifs is 2. The third-order valence-corrected chi connectivity index (χ3v) is 5.54. The van der Waals surface area contributed by atoms with Crippen molar-refractivity contribution in [2.45, 2.75) is 19.8 Å². The number of allylic oxidation sites excluding steroid dienone is 2. The minimum Gasteiger partial charge on any atom is -0.385 e. The topological polar surface area (TPSA) is 24.9 Å². The molecule has 108 valence electrons. The van der Waals surface area contributed by atoms with Gasteiger partial charge in [0, 0.05) is 23.2 Å². The zero-order valence-electron chi connectivity index (χ0n) is 12.3. The van der Waals surface area contributed by atoms with Crippen molar-refractivity contribution in [3.8, 4) is 11.3 Å². The quantitative estimate of drug-likeness (QED) is 0.824. The fourth-order valence-electron chi connectivity index (χ4n) is 3.66. The summed E-state index contributed by atoms with van der Waals surface area (Å²) in [7, 11) is 0. The van der Waals surface area contributed by atoms with Crippen LogP contribution in [-0.2, 0) is 0 Å². The maximum atomic E-state index is 4.57. The molecule has 0 saturated heterocycles. The summed E-state index contributed by atoms with van der Waals surface area (Å²) >= 11 is 1.71. The number of thiazole rings is 1. The molecule has 0 amide bonds. The van der Waals surface area contributed by atoms with Crippen LogP contribution in [0, 0.1) is 24.7 Å². The average molecular weight is 296 g/mol. The third kappa shape index (κ3) is 2.62. The highest BCUT2D eigenvalue weighted by atomic mass is 32.1. The summed E-state index contributed by atoms with van der Waals surface area (Å²) in [6, 6.07) is 8.64. The average Bonchev–Trinajstić information content (AvgIpc) is 3.21. The van der Waals surface area contributed by atoms with Crippen molar-refractivity contribution in [2.75, 3.05) is 11.9 Å². The van der Waals surface area contributed by atoms with Crippen molar-refractivity contribution < 1.29 is 0 Å². The number of aryl methyl sites for hydroxylation is 1. The predicted octanol–water partition coefficient (Wildman–Crippen LogP) is 4.74. The Bertz CT molecular complexity index is 673. The zero-order chi connectivity index (χ0) is 14.2. The summed E-state index contributed by atoms with van der Waals surface area (Å²) in [5, 5.41) is 6.89. The van der Waals surface area contributed by atoms with E-state index in [0.717, 1.165) is 35.0 Å². The van der Waals surface area contributed by atoms with E-state index in [9.17, 15) is 0 Å². The van der Waals surface area contributed by atoms with Crippen LogP contribution in [0.5, 0.6) is 0 Å². The van der Waals surface area contributed by atoms with Crippen LogP contribution in [0.2, 0.25) is 0 Å². The Morgan fingerprint density at radius 2 is 2.24 bits per heavy atom. The number of anilines is 1. The summed E-state index contributed by atoms with van der Waals surface area (Å²) < 4.78 is 0. The number of nitrogens with zero attached hydrogens (tertiary/aromatic N) is 1. The molecule has 2 nitrogen and oxygen atoms in total. The largest absolute Gasteiger partial charge is 0.385 e. The zero-order valence-corrected chi connectivity index (χ0v) is 13.1. The smallest absolute Gasteiger partial charge is 0.0901 e. The lowest BCUT2D eigenvalue weighted by atomic mass is 9.93. The van der Waals surface area contributed by atoms with E-state index in [1.54, 1.807) is 11.3 Å². The van der Waals surface area contributed by atoms with E-state index in [1.807, 2.05) is 0 Å². The van der Waals surface area contributed by atoms with Crippen LogP contribution < -0.4 is 5.32 Å². The van der Waals surface area contributed by atoms with Crippen LogP contribution >= 0.6 is 11.3 Å². The van der Waals surface area contributed by atoms with E-state index in [0.29, 0.717) is 0 Å². The number of nitrogens with one attached hydrogen (secondary N) is 1. The molecule has 3 unspecified atom stereocenters. The van der Waals surface area contributed by atoms with Gasteiger partial charge in [-0.3, -0.25) is 0 Å². The lowest BCUT2D eigenvalue weighted by Crippen LogP contribution is -2.18. The first-order chi connectivity index (χ1) is 10.3. The van der Waals surface area contributed by atoms with E-state index >= 15 is 0 Å². The van der Waals surface area contributed by atoms with E-state index in [4.69, 9.17) is 0 Å². The van der Waals surface area contributed by atoms with Crippen LogP contribution in [0.3, 0.4) is 0 Å². The molecule has 0 aliphatic heterocycles. The summed E-state index contributed by atoms with van der Waals surface area (Å²) in [5.41, 5.74) is 3.51. The molecule has 4 rings (SSSR count). The Morgan fingerprint density at radius 3 is 2.95 bits per heavy atom. The molecular formula is C18H20N2S. The van der Waals surface area contributed by atoms with Crippen LogP contribution in [-0.4, -0.2) is 11.5 Å². The molecule has 1 fully saturated rings. The molecular weight excluding hydrogens is 276 g/mol. The molecule has 1 aromatic heterocycles. The highest BCUT2D eigenvalue weighted by Crippen LogP contribution is 2.43. The van der Waals surface area contributed by atoms with Crippen LogP contribution in [0.1, 0.15) is 17.8 Å². The van der Waals surface area contributed by atoms with Gasteiger partial charge in [0.25, 0.3) is 0 Å². The van der Waals surface area contributed by atoms with Gasteiger partial charge in [0.1, 0.15) is 0 Å². The molecule has 0 spiro atoms. The van der Waals surface area contributed by atoms with Gasteiger partial charge in [-0.15, -0.1) is 11.3 Å². The standard InChI is InChI=1S/C18H20N2S/c1-12-20-18(11-21-12)15-3-2-4-17(9-15)19-10-16-8-13-5-6-14(16)7-13/h2-6,9,11,13-14,16,19H,7-8,10H2,1H3. The molecule has 21 heavy (non-hydrogen) atoms. The molecule has 0 radical (unpaired) electrons. The van der Waals surface area contributed by atoms with Crippen molar-refractivity contribution in [3.63, 3.8) is 0 Å².